The zero-order chi connectivity index (χ0) is 20.2. The highest BCUT2D eigenvalue weighted by Gasteiger charge is 2.64. The van der Waals surface area contributed by atoms with Gasteiger partial charge in [-0.3, -0.25) is 9.69 Å². The van der Waals surface area contributed by atoms with E-state index >= 15 is 0 Å². The van der Waals surface area contributed by atoms with Crippen molar-refractivity contribution in [2.24, 2.45) is 0 Å². The minimum atomic E-state index is -0.465. The Labute approximate surface area is 172 Å². The first-order valence-corrected chi connectivity index (χ1v) is 10.4. The van der Waals surface area contributed by atoms with Gasteiger partial charge in [-0.25, -0.2) is 0 Å². The van der Waals surface area contributed by atoms with Crippen LogP contribution < -0.4 is 4.74 Å². The van der Waals surface area contributed by atoms with Gasteiger partial charge >= 0.3 is 0 Å². The first-order valence-electron chi connectivity index (χ1n) is 10.4. The molecular formula is C24H28N2O3. The lowest BCUT2D eigenvalue weighted by Gasteiger charge is -2.33. The smallest absolute Gasteiger partial charge is 0.227 e. The molecule has 3 aliphatic heterocycles. The summed E-state index contributed by atoms with van der Waals surface area (Å²) in [4.78, 5) is 17.6. The number of hydrogen-bond donors (Lipinski definition) is 0. The minimum Gasteiger partial charge on any atom is -0.496 e. The standard InChI is InChI=1S/C24H28N2O3/c1-16-12-21(28-3)17(2)11-19(16)14-25-10-9-24-22(25)13-23(27)26(24)20(15-29-24)18-7-5-4-6-8-18/h4-8,11-12,20,22H,9-10,13-15H2,1-3H3/t20-,22+,24-/m0/s1. The minimum absolute atomic E-state index is 0.0265. The lowest BCUT2D eigenvalue weighted by molar-refractivity contribution is -0.138. The fourth-order valence-electron chi connectivity index (χ4n) is 5.50. The van der Waals surface area contributed by atoms with E-state index in [9.17, 15) is 4.79 Å². The zero-order valence-electron chi connectivity index (χ0n) is 17.4. The van der Waals surface area contributed by atoms with Crippen molar-refractivity contribution in [1.82, 2.24) is 9.80 Å². The van der Waals surface area contributed by atoms with E-state index in [0.717, 1.165) is 30.8 Å². The maximum absolute atomic E-state index is 13.1. The fraction of sp³-hybridized carbons (Fsp3) is 0.458. The Hall–Kier alpha value is -2.37. The topological polar surface area (TPSA) is 42.0 Å². The van der Waals surface area contributed by atoms with Gasteiger partial charge in [-0.15, -0.1) is 0 Å². The van der Waals surface area contributed by atoms with E-state index in [0.29, 0.717) is 13.0 Å². The number of benzene rings is 2. The van der Waals surface area contributed by atoms with Gasteiger partial charge in [-0.05, 0) is 42.2 Å². The van der Waals surface area contributed by atoms with E-state index in [1.165, 1.54) is 16.7 Å². The third-order valence-corrected chi connectivity index (χ3v) is 6.98. The van der Waals surface area contributed by atoms with E-state index in [4.69, 9.17) is 9.47 Å². The number of methoxy groups -OCH3 is 1. The number of amides is 1. The van der Waals surface area contributed by atoms with Crippen molar-refractivity contribution in [2.45, 2.75) is 51.0 Å². The number of likely N-dealkylation sites (tertiary alicyclic amines) is 1. The van der Waals surface area contributed by atoms with Crippen LogP contribution in [-0.2, 0) is 16.1 Å². The van der Waals surface area contributed by atoms with Crippen LogP contribution in [0.3, 0.4) is 0 Å². The molecule has 0 radical (unpaired) electrons. The second kappa shape index (κ2) is 6.85. The number of ether oxygens (including phenoxy) is 2. The zero-order valence-corrected chi connectivity index (χ0v) is 17.4. The molecule has 0 bridgehead atoms. The molecule has 3 heterocycles. The molecule has 5 rings (SSSR count). The molecular weight excluding hydrogens is 364 g/mol. The molecule has 0 aliphatic carbocycles. The van der Waals surface area contributed by atoms with Crippen LogP contribution in [0.2, 0.25) is 0 Å². The second-order valence-electron chi connectivity index (χ2n) is 8.53. The number of rotatable bonds is 4. The Kier molecular flexibility index (Phi) is 4.41. The van der Waals surface area contributed by atoms with Crippen LogP contribution in [0.25, 0.3) is 0 Å². The quantitative estimate of drug-likeness (QED) is 0.798. The fourth-order valence-corrected chi connectivity index (χ4v) is 5.50. The molecule has 3 saturated heterocycles. The molecule has 0 saturated carbocycles. The number of carbonyl (C=O) groups excluding carboxylic acids is 1. The van der Waals surface area contributed by atoms with Crippen molar-refractivity contribution in [2.75, 3.05) is 20.3 Å². The number of aryl methyl sites for hydroxylation is 2. The predicted molar refractivity (Wildman–Crippen MR) is 111 cm³/mol. The molecule has 3 atom stereocenters. The third kappa shape index (κ3) is 2.79. The summed E-state index contributed by atoms with van der Waals surface area (Å²) in [5.74, 6) is 1.14. The highest BCUT2D eigenvalue weighted by molar-refractivity contribution is 5.82. The van der Waals surface area contributed by atoms with E-state index < -0.39 is 5.72 Å². The Balaban J connectivity index is 1.41. The summed E-state index contributed by atoms with van der Waals surface area (Å²) in [6.45, 7) is 6.58. The van der Waals surface area contributed by atoms with Crippen molar-refractivity contribution < 1.29 is 14.3 Å². The largest absolute Gasteiger partial charge is 0.496 e. The van der Waals surface area contributed by atoms with E-state index in [2.05, 4.69) is 47.9 Å². The number of hydrogen-bond acceptors (Lipinski definition) is 4. The lowest BCUT2D eigenvalue weighted by atomic mass is 10.0. The van der Waals surface area contributed by atoms with Gasteiger partial charge in [0, 0.05) is 25.9 Å². The average molecular weight is 392 g/mol. The number of carbonyl (C=O) groups is 1. The average Bonchev–Trinajstić information content (AvgIpc) is 3.35. The maximum atomic E-state index is 13.1. The van der Waals surface area contributed by atoms with Crippen LogP contribution in [0.15, 0.2) is 42.5 Å². The molecule has 5 heteroatoms. The molecule has 152 valence electrons. The van der Waals surface area contributed by atoms with Crippen molar-refractivity contribution in [1.29, 1.82) is 0 Å². The molecule has 3 aliphatic rings. The predicted octanol–water partition coefficient (Wildman–Crippen LogP) is 3.59. The molecule has 0 N–H and O–H groups in total. The summed E-state index contributed by atoms with van der Waals surface area (Å²) in [6.07, 6.45) is 1.42. The molecule has 2 aromatic rings. The summed E-state index contributed by atoms with van der Waals surface area (Å²) in [5.41, 5.74) is 4.37. The highest BCUT2D eigenvalue weighted by atomic mass is 16.5. The first kappa shape index (κ1) is 18.6. The van der Waals surface area contributed by atoms with Crippen LogP contribution in [0, 0.1) is 13.8 Å². The highest BCUT2D eigenvalue weighted by Crippen LogP contribution is 2.51. The van der Waals surface area contributed by atoms with E-state index in [1.807, 2.05) is 18.2 Å². The molecule has 1 spiro atoms. The summed E-state index contributed by atoms with van der Waals surface area (Å²) < 4.78 is 11.9. The van der Waals surface area contributed by atoms with Gasteiger partial charge in [0.15, 0.2) is 5.72 Å². The second-order valence-corrected chi connectivity index (χ2v) is 8.53. The monoisotopic (exact) mass is 392 g/mol. The van der Waals surface area contributed by atoms with Crippen molar-refractivity contribution in [3.8, 4) is 5.75 Å². The Morgan fingerprint density at radius 3 is 2.72 bits per heavy atom. The Morgan fingerprint density at radius 1 is 1.17 bits per heavy atom. The van der Waals surface area contributed by atoms with E-state index in [1.54, 1.807) is 7.11 Å². The van der Waals surface area contributed by atoms with Gasteiger partial charge < -0.3 is 14.4 Å². The van der Waals surface area contributed by atoms with Gasteiger partial charge in [-0.1, -0.05) is 36.4 Å². The summed E-state index contributed by atoms with van der Waals surface area (Å²) in [6, 6.07) is 14.8. The van der Waals surface area contributed by atoms with Crippen LogP contribution in [0.5, 0.6) is 5.75 Å². The van der Waals surface area contributed by atoms with Crippen molar-refractivity contribution in [3.63, 3.8) is 0 Å². The van der Waals surface area contributed by atoms with Gasteiger partial charge in [0.25, 0.3) is 0 Å². The van der Waals surface area contributed by atoms with E-state index in [-0.39, 0.29) is 18.0 Å². The van der Waals surface area contributed by atoms with Gasteiger partial charge in [0.05, 0.1) is 25.8 Å². The molecule has 1 amide bonds. The van der Waals surface area contributed by atoms with Gasteiger partial charge in [0.1, 0.15) is 5.75 Å². The van der Waals surface area contributed by atoms with Crippen molar-refractivity contribution in [3.05, 3.63) is 64.7 Å². The molecule has 0 unspecified atom stereocenters. The third-order valence-electron chi connectivity index (χ3n) is 6.98. The van der Waals surface area contributed by atoms with Gasteiger partial charge in [0.2, 0.25) is 5.91 Å². The van der Waals surface area contributed by atoms with Crippen LogP contribution in [-0.4, -0.2) is 47.7 Å². The van der Waals surface area contributed by atoms with Gasteiger partial charge in [-0.2, -0.15) is 0 Å². The molecule has 2 aromatic carbocycles. The molecule has 5 nitrogen and oxygen atoms in total. The van der Waals surface area contributed by atoms with Crippen LogP contribution in [0.1, 0.15) is 41.1 Å². The Bertz CT molecular complexity index is 945. The lowest BCUT2D eigenvalue weighted by Crippen LogP contribution is -2.48. The Morgan fingerprint density at radius 2 is 1.97 bits per heavy atom. The molecule has 0 aromatic heterocycles. The SMILES string of the molecule is COc1cc(C)c(CN2CC[C@@]34OC[C@@H](c5ccccc5)N3C(=O)C[C@@H]24)cc1C. The van der Waals surface area contributed by atoms with Crippen molar-refractivity contribution >= 4 is 5.91 Å². The normalized spacial score (nSPS) is 28.7. The maximum Gasteiger partial charge on any atom is 0.227 e. The summed E-state index contributed by atoms with van der Waals surface area (Å²) in [7, 11) is 1.71. The summed E-state index contributed by atoms with van der Waals surface area (Å²) >= 11 is 0. The van der Waals surface area contributed by atoms with Crippen LogP contribution >= 0.6 is 0 Å². The summed E-state index contributed by atoms with van der Waals surface area (Å²) in [5, 5.41) is 0. The first-order chi connectivity index (χ1) is 14.0. The van der Waals surface area contributed by atoms with Crippen LogP contribution in [0.4, 0.5) is 0 Å². The number of nitrogens with zero attached hydrogens (tertiary/aromatic N) is 2. The molecule has 3 fully saturated rings. The molecule has 29 heavy (non-hydrogen) atoms.